The van der Waals surface area contributed by atoms with Crippen molar-refractivity contribution < 1.29 is 0 Å². The number of aromatic nitrogens is 5. The molecule has 0 N–H and O–H groups in total. The van der Waals surface area contributed by atoms with Crippen LogP contribution < -0.4 is 0 Å². The molecule has 0 atom stereocenters. The van der Waals surface area contributed by atoms with Gasteiger partial charge in [-0.3, -0.25) is 0 Å². The first-order chi connectivity index (χ1) is 22.8. The highest BCUT2D eigenvalue weighted by Crippen LogP contribution is 2.37. The van der Waals surface area contributed by atoms with Crippen LogP contribution in [0, 0.1) is 0 Å². The van der Waals surface area contributed by atoms with Crippen molar-refractivity contribution in [2.45, 2.75) is 12.8 Å². The minimum atomic E-state index is 0.643. The number of hydrogen-bond donors (Lipinski definition) is 0. The Morgan fingerprint density at radius 2 is 1.24 bits per heavy atom. The summed E-state index contributed by atoms with van der Waals surface area (Å²) in [6, 6.07) is 43.9. The van der Waals surface area contributed by atoms with Crippen LogP contribution in [0.5, 0.6) is 0 Å². The third-order valence-electron chi connectivity index (χ3n) is 8.55. The molecule has 0 amide bonds. The standard InChI is InChI=1S/C40H27N5S/c1-3-12-26(13-4-1)37-42-38(27-14-5-2-6-15-27)44-39(43-37)28-22-23-33-36(25-28)46-40(41-33)29-16-11-17-30(24-29)45-34-20-9-7-18-31(34)32-19-8-10-21-35(32)45/h1-9,11-20,22-25H,10,21H2. The molecule has 46 heavy (non-hydrogen) atoms. The summed E-state index contributed by atoms with van der Waals surface area (Å²) in [6.45, 7) is 0. The zero-order valence-electron chi connectivity index (χ0n) is 24.8. The van der Waals surface area contributed by atoms with Crippen LogP contribution in [-0.4, -0.2) is 24.5 Å². The van der Waals surface area contributed by atoms with Crippen molar-refractivity contribution in [3.05, 3.63) is 145 Å². The zero-order valence-corrected chi connectivity index (χ0v) is 25.7. The highest BCUT2D eigenvalue weighted by molar-refractivity contribution is 7.21. The lowest BCUT2D eigenvalue weighted by Gasteiger charge is -2.14. The van der Waals surface area contributed by atoms with E-state index in [0.29, 0.717) is 17.5 Å². The Kier molecular flexibility index (Phi) is 6.39. The van der Waals surface area contributed by atoms with E-state index >= 15 is 0 Å². The number of benzene rings is 5. The average Bonchev–Trinajstić information content (AvgIpc) is 3.71. The fourth-order valence-electron chi connectivity index (χ4n) is 6.37. The van der Waals surface area contributed by atoms with Crippen LogP contribution in [-0.2, 0) is 6.42 Å². The van der Waals surface area contributed by atoms with E-state index in [1.165, 1.54) is 22.2 Å². The Bertz CT molecular complexity index is 2360. The minimum absolute atomic E-state index is 0.643. The van der Waals surface area contributed by atoms with Gasteiger partial charge in [0.2, 0.25) is 0 Å². The lowest BCUT2D eigenvalue weighted by atomic mass is 10.0. The molecule has 0 saturated carbocycles. The second kappa shape index (κ2) is 11.0. The quantitative estimate of drug-likeness (QED) is 0.195. The molecule has 218 valence electrons. The smallest absolute Gasteiger partial charge is 0.164 e. The minimum Gasteiger partial charge on any atom is -0.313 e. The largest absolute Gasteiger partial charge is 0.313 e. The number of para-hydroxylation sites is 1. The van der Waals surface area contributed by atoms with Crippen LogP contribution in [0.2, 0.25) is 0 Å². The molecule has 5 nitrogen and oxygen atoms in total. The molecular formula is C40H27N5S. The maximum atomic E-state index is 5.07. The van der Waals surface area contributed by atoms with E-state index in [2.05, 4.69) is 83.4 Å². The van der Waals surface area contributed by atoms with E-state index in [1.807, 2.05) is 60.7 Å². The summed E-state index contributed by atoms with van der Waals surface area (Å²) in [5.74, 6) is 1.95. The average molecular weight is 610 g/mol. The zero-order chi connectivity index (χ0) is 30.5. The van der Waals surface area contributed by atoms with E-state index in [4.69, 9.17) is 19.9 Å². The molecule has 8 aromatic rings. The SMILES string of the molecule is C1=Cc2c(n(-c3cccc(-c4nc5ccc(-c6nc(-c7ccccc7)nc(-c7ccccc7)n6)cc5s4)c3)c3ccccc23)CC1. The van der Waals surface area contributed by atoms with Crippen LogP contribution in [0.1, 0.15) is 17.7 Å². The maximum absolute atomic E-state index is 5.07. The summed E-state index contributed by atoms with van der Waals surface area (Å²) >= 11 is 1.70. The molecule has 3 heterocycles. The van der Waals surface area contributed by atoms with Gasteiger partial charge in [0.1, 0.15) is 5.01 Å². The number of hydrogen-bond acceptors (Lipinski definition) is 5. The summed E-state index contributed by atoms with van der Waals surface area (Å²) in [5.41, 5.74) is 10.0. The van der Waals surface area contributed by atoms with Gasteiger partial charge in [-0.25, -0.2) is 19.9 Å². The molecule has 6 heteroatoms. The highest BCUT2D eigenvalue weighted by atomic mass is 32.1. The van der Waals surface area contributed by atoms with Gasteiger partial charge in [0, 0.05) is 44.6 Å². The first-order valence-electron chi connectivity index (χ1n) is 15.5. The normalized spacial score (nSPS) is 12.5. The fraction of sp³-hybridized carbons (Fsp3) is 0.0500. The van der Waals surface area contributed by atoms with Crippen LogP contribution in [0.3, 0.4) is 0 Å². The fourth-order valence-corrected chi connectivity index (χ4v) is 7.37. The number of allylic oxidation sites excluding steroid dienone is 1. The van der Waals surface area contributed by atoms with Gasteiger partial charge < -0.3 is 4.57 Å². The molecule has 0 radical (unpaired) electrons. The van der Waals surface area contributed by atoms with Crippen LogP contribution >= 0.6 is 11.3 Å². The number of fused-ring (bicyclic) bond motifs is 4. The number of nitrogens with zero attached hydrogens (tertiary/aromatic N) is 5. The van der Waals surface area contributed by atoms with Crippen molar-refractivity contribution in [3.63, 3.8) is 0 Å². The summed E-state index contributed by atoms with van der Waals surface area (Å²) in [4.78, 5) is 19.8. The van der Waals surface area contributed by atoms with E-state index in [9.17, 15) is 0 Å². The molecule has 0 spiro atoms. The van der Waals surface area contributed by atoms with Gasteiger partial charge in [-0.15, -0.1) is 11.3 Å². The van der Waals surface area contributed by atoms with Gasteiger partial charge in [0.15, 0.2) is 17.5 Å². The molecule has 5 aromatic carbocycles. The van der Waals surface area contributed by atoms with Gasteiger partial charge in [0.05, 0.1) is 15.7 Å². The lowest BCUT2D eigenvalue weighted by Crippen LogP contribution is -2.03. The van der Waals surface area contributed by atoms with Gasteiger partial charge in [-0.05, 0) is 49.2 Å². The molecule has 0 saturated heterocycles. The third-order valence-corrected chi connectivity index (χ3v) is 9.61. The van der Waals surface area contributed by atoms with E-state index in [1.54, 1.807) is 11.3 Å². The second-order valence-electron chi connectivity index (χ2n) is 11.4. The topological polar surface area (TPSA) is 56.5 Å². The Balaban J connectivity index is 1.13. The predicted octanol–water partition coefficient (Wildman–Crippen LogP) is 10.1. The van der Waals surface area contributed by atoms with E-state index in [-0.39, 0.29) is 0 Å². The van der Waals surface area contributed by atoms with Crippen LogP contribution in [0.25, 0.3) is 77.6 Å². The molecule has 0 bridgehead atoms. The van der Waals surface area contributed by atoms with E-state index in [0.717, 1.165) is 56.0 Å². The third kappa shape index (κ3) is 4.62. The Morgan fingerprint density at radius 3 is 2.00 bits per heavy atom. The van der Waals surface area contributed by atoms with Crippen molar-refractivity contribution in [2.75, 3.05) is 0 Å². The second-order valence-corrected chi connectivity index (χ2v) is 12.5. The highest BCUT2D eigenvalue weighted by Gasteiger charge is 2.19. The molecule has 3 aromatic heterocycles. The Hall–Kier alpha value is -5.72. The number of thiazole rings is 1. The molecule has 0 aliphatic heterocycles. The van der Waals surface area contributed by atoms with E-state index < -0.39 is 0 Å². The van der Waals surface area contributed by atoms with Gasteiger partial charge >= 0.3 is 0 Å². The Morgan fingerprint density at radius 1 is 0.565 bits per heavy atom. The van der Waals surface area contributed by atoms with Gasteiger partial charge in [-0.1, -0.05) is 103 Å². The van der Waals surface area contributed by atoms with Crippen LogP contribution in [0.15, 0.2) is 133 Å². The first-order valence-corrected chi connectivity index (χ1v) is 16.3. The molecule has 1 aliphatic carbocycles. The maximum Gasteiger partial charge on any atom is 0.164 e. The summed E-state index contributed by atoms with van der Waals surface area (Å²) in [6.07, 6.45) is 6.66. The molecular weight excluding hydrogens is 583 g/mol. The summed E-state index contributed by atoms with van der Waals surface area (Å²) in [5, 5.41) is 2.29. The molecule has 1 aliphatic rings. The lowest BCUT2D eigenvalue weighted by molar-refractivity contribution is 0.889. The van der Waals surface area contributed by atoms with Crippen molar-refractivity contribution in [3.8, 4) is 50.4 Å². The predicted molar refractivity (Wildman–Crippen MR) is 189 cm³/mol. The molecule has 0 unspecified atom stereocenters. The summed E-state index contributed by atoms with van der Waals surface area (Å²) in [7, 11) is 0. The first kappa shape index (κ1) is 26.7. The van der Waals surface area contributed by atoms with Gasteiger partial charge in [-0.2, -0.15) is 0 Å². The van der Waals surface area contributed by atoms with Crippen molar-refractivity contribution >= 4 is 38.5 Å². The van der Waals surface area contributed by atoms with Crippen LogP contribution in [0.4, 0.5) is 0 Å². The number of rotatable bonds is 5. The molecule has 0 fully saturated rings. The van der Waals surface area contributed by atoms with Crippen molar-refractivity contribution in [1.82, 2.24) is 24.5 Å². The monoisotopic (exact) mass is 609 g/mol. The summed E-state index contributed by atoms with van der Waals surface area (Å²) < 4.78 is 3.52. The van der Waals surface area contributed by atoms with Crippen molar-refractivity contribution in [1.29, 1.82) is 0 Å². The van der Waals surface area contributed by atoms with Crippen molar-refractivity contribution in [2.24, 2.45) is 0 Å². The van der Waals surface area contributed by atoms with Gasteiger partial charge in [0.25, 0.3) is 0 Å². The Labute approximate surface area is 270 Å². The molecule has 9 rings (SSSR count).